The SMILES string of the molecule is NC(F)(F)c1cc(OCC2=C(C3CCCC3)CCOCC2)ccc1CCC(=O)O. The van der Waals surface area contributed by atoms with Crippen LogP contribution in [0.4, 0.5) is 8.78 Å². The topological polar surface area (TPSA) is 81.8 Å². The molecule has 1 aliphatic heterocycles. The normalized spacial score (nSPS) is 18.7. The summed E-state index contributed by atoms with van der Waals surface area (Å²) in [5, 5.41) is 8.83. The Kier molecular flexibility index (Phi) is 7.24. The Hall–Kier alpha value is -1.99. The quantitative estimate of drug-likeness (QED) is 0.492. The fourth-order valence-electron chi connectivity index (χ4n) is 4.33. The minimum atomic E-state index is -3.56. The Labute approximate surface area is 169 Å². The van der Waals surface area contributed by atoms with Crippen molar-refractivity contribution in [2.24, 2.45) is 11.7 Å². The molecular formula is C22H29F2NO4. The van der Waals surface area contributed by atoms with E-state index in [2.05, 4.69) is 0 Å². The Balaban J connectivity index is 1.77. The number of aliphatic carboxylic acids is 1. The smallest absolute Gasteiger partial charge is 0.327 e. The Morgan fingerprint density at radius 3 is 2.66 bits per heavy atom. The van der Waals surface area contributed by atoms with E-state index in [1.54, 1.807) is 6.07 Å². The zero-order valence-electron chi connectivity index (χ0n) is 16.6. The number of hydrogen-bond donors (Lipinski definition) is 2. The molecule has 0 amide bonds. The number of hydrogen-bond acceptors (Lipinski definition) is 4. The van der Waals surface area contributed by atoms with E-state index in [0.29, 0.717) is 24.9 Å². The number of carboxylic acids is 1. The van der Waals surface area contributed by atoms with Crippen molar-refractivity contribution in [3.05, 3.63) is 40.5 Å². The van der Waals surface area contributed by atoms with Gasteiger partial charge in [0.1, 0.15) is 12.4 Å². The number of nitrogens with two attached hydrogens (primary N) is 1. The third-order valence-electron chi connectivity index (χ3n) is 5.83. The molecule has 5 nitrogen and oxygen atoms in total. The summed E-state index contributed by atoms with van der Waals surface area (Å²) in [4.78, 5) is 10.8. The first kappa shape index (κ1) is 21.7. The van der Waals surface area contributed by atoms with Crippen LogP contribution in [0.15, 0.2) is 29.3 Å². The maximum absolute atomic E-state index is 13.9. The average Bonchev–Trinajstić information content (AvgIpc) is 3.10. The van der Waals surface area contributed by atoms with Crippen LogP contribution in [-0.2, 0) is 22.0 Å². The number of alkyl halides is 2. The Bertz CT molecular complexity index is 752. The van der Waals surface area contributed by atoms with E-state index in [9.17, 15) is 13.6 Å². The van der Waals surface area contributed by atoms with Crippen LogP contribution in [0.5, 0.6) is 5.75 Å². The molecule has 2 aliphatic rings. The number of halogens is 2. The van der Waals surface area contributed by atoms with Gasteiger partial charge in [-0.2, -0.15) is 8.78 Å². The maximum Gasteiger partial charge on any atom is 0.327 e. The van der Waals surface area contributed by atoms with Gasteiger partial charge in [0.2, 0.25) is 0 Å². The number of carboxylic acid groups (broad SMARTS) is 1. The van der Waals surface area contributed by atoms with E-state index >= 15 is 0 Å². The second-order valence-electron chi connectivity index (χ2n) is 7.85. The Morgan fingerprint density at radius 1 is 1.24 bits per heavy atom. The molecule has 7 heteroatoms. The molecule has 0 spiro atoms. The van der Waals surface area contributed by atoms with Gasteiger partial charge >= 0.3 is 12.0 Å². The molecule has 0 atom stereocenters. The van der Waals surface area contributed by atoms with Gasteiger partial charge in [0, 0.05) is 12.0 Å². The molecular weight excluding hydrogens is 380 g/mol. The first-order chi connectivity index (χ1) is 13.8. The van der Waals surface area contributed by atoms with E-state index in [0.717, 1.165) is 19.4 Å². The van der Waals surface area contributed by atoms with Crippen molar-refractivity contribution in [3.63, 3.8) is 0 Å². The lowest BCUT2D eigenvalue weighted by Gasteiger charge is -2.20. The molecule has 3 N–H and O–H groups in total. The third kappa shape index (κ3) is 6.00. The summed E-state index contributed by atoms with van der Waals surface area (Å²) in [5.74, 6) is -0.149. The van der Waals surface area contributed by atoms with Crippen molar-refractivity contribution in [1.82, 2.24) is 0 Å². The van der Waals surface area contributed by atoms with Crippen LogP contribution in [0.3, 0.4) is 0 Å². The van der Waals surface area contributed by atoms with Crippen molar-refractivity contribution in [3.8, 4) is 5.75 Å². The first-order valence-electron chi connectivity index (χ1n) is 10.3. The fourth-order valence-corrected chi connectivity index (χ4v) is 4.33. The second kappa shape index (κ2) is 9.67. The molecule has 29 heavy (non-hydrogen) atoms. The van der Waals surface area contributed by atoms with Crippen LogP contribution in [0.25, 0.3) is 0 Å². The van der Waals surface area contributed by atoms with Crippen molar-refractivity contribution >= 4 is 5.97 Å². The number of ether oxygens (including phenoxy) is 2. The second-order valence-corrected chi connectivity index (χ2v) is 7.85. The molecule has 0 aromatic heterocycles. The number of rotatable bonds is 8. The molecule has 0 bridgehead atoms. The number of carbonyl (C=O) groups is 1. The molecule has 160 valence electrons. The van der Waals surface area contributed by atoms with Gasteiger partial charge < -0.3 is 14.6 Å². The lowest BCUT2D eigenvalue weighted by Crippen LogP contribution is -2.27. The van der Waals surface area contributed by atoms with E-state index in [4.69, 9.17) is 20.3 Å². The lowest BCUT2D eigenvalue weighted by atomic mass is 9.90. The molecule has 0 radical (unpaired) electrons. The van der Waals surface area contributed by atoms with Gasteiger partial charge in [-0.05, 0) is 61.3 Å². The molecule has 1 aromatic carbocycles. The molecule has 3 rings (SSSR count). The van der Waals surface area contributed by atoms with Gasteiger partial charge in [0.15, 0.2) is 0 Å². The minimum Gasteiger partial charge on any atom is -0.489 e. The highest BCUT2D eigenvalue weighted by Crippen LogP contribution is 2.36. The predicted octanol–water partition coefficient (Wildman–Crippen LogP) is 4.39. The lowest BCUT2D eigenvalue weighted by molar-refractivity contribution is -0.137. The van der Waals surface area contributed by atoms with Crippen molar-refractivity contribution in [2.45, 2.75) is 57.4 Å². The van der Waals surface area contributed by atoms with Crippen LogP contribution in [-0.4, -0.2) is 30.9 Å². The third-order valence-corrected chi connectivity index (χ3v) is 5.83. The summed E-state index contributed by atoms with van der Waals surface area (Å²) in [6.45, 7) is 1.71. The summed E-state index contributed by atoms with van der Waals surface area (Å²) in [5.41, 5.74) is 7.51. The minimum absolute atomic E-state index is 0.00788. The van der Waals surface area contributed by atoms with Gasteiger partial charge in [-0.25, -0.2) is 0 Å². The summed E-state index contributed by atoms with van der Waals surface area (Å²) in [7, 11) is 0. The van der Waals surface area contributed by atoms with Gasteiger partial charge in [-0.15, -0.1) is 0 Å². The van der Waals surface area contributed by atoms with Gasteiger partial charge in [-0.3, -0.25) is 10.5 Å². The van der Waals surface area contributed by atoms with Gasteiger partial charge in [0.05, 0.1) is 13.2 Å². The largest absolute Gasteiger partial charge is 0.489 e. The van der Waals surface area contributed by atoms with Crippen LogP contribution >= 0.6 is 0 Å². The van der Waals surface area contributed by atoms with Gasteiger partial charge in [0.25, 0.3) is 0 Å². The average molecular weight is 409 g/mol. The molecule has 1 fully saturated rings. The van der Waals surface area contributed by atoms with Gasteiger partial charge in [-0.1, -0.05) is 24.5 Å². The zero-order chi connectivity index (χ0) is 20.9. The predicted molar refractivity (Wildman–Crippen MR) is 105 cm³/mol. The van der Waals surface area contributed by atoms with Crippen molar-refractivity contribution < 1.29 is 28.2 Å². The standard InChI is InChI=1S/C22H29F2NO4/c23-22(24,25)20-13-18(7-5-16(20)6-8-21(26)27)29-14-17-9-11-28-12-10-19(17)15-3-1-2-4-15/h5,7,13,15H,1-4,6,8-12,14,25H2,(H,26,27). The zero-order valence-corrected chi connectivity index (χ0v) is 16.6. The maximum atomic E-state index is 13.9. The van der Waals surface area contributed by atoms with Crippen molar-refractivity contribution in [1.29, 1.82) is 0 Å². The molecule has 1 aliphatic carbocycles. The fraction of sp³-hybridized carbons (Fsp3) is 0.591. The molecule has 1 heterocycles. The molecule has 1 aromatic rings. The number of benzene rings is 1. The monoisotopic (exact) mass is 409 g/mol. The van der Waals surface area contributed by atoms with Crippen LogP contribution < -0.4 is 10.5 Å². The van der Waals surface area contributed by atoms with Crippen LogP contribution in [0, 0.1) is 5.92 Å². The van der Waals surface area contributed by atoms with Crippen molar-refractivity contribution in [2.75, 3.05) is 19.8 Å². The first-order valence-corrected chi connectivity index (χ1v) is 10.3. The summed E-state index contributed by atoms with van der Waals surface area (Å²) in [6, 6.07) is 0.768. The van der Waals surface area contributed by atoms with E-state index < -0.39 is 12.0 Å². The highest BCUT2D eigenvalue weighted by molar-refractivity contribution is 5.67. The number of aryl methyl sites for hydroxylation is 1. The van der Waals surface area contributed by atoms with E-state index in [-0.39, 0.29) is 24.0 Å². The van der Waals surface area contributed by atoms with Crippen LogP contribution in [0.1, 0.15) is 56.1 Å². The highest BCUT2D eigenvalue weighted by atomic mass is 19.3. The summed E-state index contributed by atoms with van der Waals surface area (Å²) in [6.07, 6.45) is 6.34. The molecule has 0 unspecified atom stereocenters. The van der Waals surface area contributed by atoms with Crippen LogP contribution in [0.2, 0.25) is 0 Å². The van der Waals surface area contributed by atoms with E-state index in [1.165, 1.54) is 49.0 Å². The molecule has 0 saturated heterocycles. The van der Waals surface area contributed by atoms with E-state index in [1.807, 2.05) is 0 Å². The molecule has 1 saturated carbocycles. The summed E-state index contributed by atoms with van der Waals surface area (Å²) < 4.78 is 39.3. The Morgan fingerprint density at radius 2 is 1.97 bits per heavy atom. The summed E-state index contributed by atoms with van der Waals surface area (Å²) >= 11 is 0. The highest BCUT2D eigenvalue weighted by Gasteiger charge is 2.29.